The summed E-state index contributed by atoms with van der Waals surface area (Å²) in [5, 5.41) is 9.45. The summed E-state index contributed by atoms with van der Waals surface area (Å²) in [6, 6.07) is 0. The van der Waals surface area contributed by atoms with Crippen LogP contribution in [0.2, 0.25) is 0 Å². The van der Waals surface area contributed by atoms with Gasteiger partial charge in [0.05, 0.1) is 6.10 Å². The van der Waals surface area contributed by atoms with Crippen molar-refractivity contribution in [3.05, 3.63) is 0 Å². The molecule has 0 saturated carbocycles. The zero-order valence-corrected chi connectivity index (χ0v) is 12.7. The summed E-state index contributed by atoms with van der Waals surface area (Å²) in [5.41, 5.74) is -0.432. The second kappa shape index (κ2) is 7.62. The van der Waals surface area contributed by atoms with E-state index in [2.05, 4.69) is 0 Å². The summed E-state index contributed by atoms with van der Waals surface area (Å²) >= 11 is 0. The van der Waals surface area contributed by atoms with Crippen molar-refractivity contribution in [2.75, 3.05) is 13.1 Å². The lowest BCUT2D eigenvalue weighted by Gasteiger charge is -2.34. The normalized spacial score (nSPS) is 18.7. The Morgan fingerprint density at radius 3 is 2.06 bits per heavy atom. The number of ether oxygens (including phenoxy) is 1. The summed E-state index contributed by atoms with van der Waals surface area (Å²) < 4.78 is 5.30. The first kappa shape index (κ1) is 17.2. The second-order valence-corrected chi connectivity index (χ2v) is 5.55. The monoisotopic (exact) mass is 259 g/mol. The van der Waals surface area contributed by atoms with E-state index < -0.39 is 5.60 Å². The molecule has 1 atom stereocenters. The molecule has 0 radical (unpaired) electrons. The van der Waals surface area contributed by atoms with E-state index in [-0.39, 0.29) is 12.2 Å². The third-order valence-corrected chi connectivity index (χ3v) is 2.87. The first-order valence-corrected chi connectivity index (χ1v) is 6.95. The molecule has 1 aliphatic heterocycles. The maximum Gasteiger partial charge on any atom is 0.410 e. The van der Waals surface area contributed by atoms with E-state index >= 15 is 0 Å². The minimum absolute atomic E-state index is 0.239. The van der Waals surface area contributed by atoms with Gasteiger partial charge < -0.3 is 14.7 Å². The molecule has 18 heavy (non-hydrogen) atoms. The highest BCUT2D eigenvalue weighted by atomic mass is 16.6. The maximum absolute atomic E-state index is 11.7. The van der Waals surface area contributed by atoms with Gasteiger partial charge >= 0.3 is 6.09 Å². The van der Waals surface area contributed by atoms with Gasteiger partial charge in [0.25, 0.3) is 0 Å². The summed E-state index contributed by atoms with van der Waals surface area (Å²) in [5.74, 6) is 0.318. The molecular formula is C14H29NO3. The average Bonchev–Trinajstić information content (AvgIpc) is 2.29. The number of aliphatic hydroxyl groups excluding tert-OH is 1. The fraction of sp³-hybridized carbons (Fsp3) is 0.929. The van der Waals surface area contributed by atoms with Crippen molar-refractivity contribution in [2.24, 2.45) is 5.92 Å². The largest absolute Gasteiger partial charge is 0.444 e. The summed E-state index contributed by atoms with van der Waals surface area (Å²) in [4.78, 5) is 13.5. The Kier molecular flexibility index (Phi) is 7.29. The van der Waals surface area contributed by atoms with E-state index in [1.807, 2.05) is 41.5 Å². The maximum atomic E-state index is 11.7. The van der Waals surface area contributed by atoms with Crippen molar-refractivity contribution < 1.29 is 14.6 Å². The topological polar surface area (TPSA) is 49.8 Å². The lowest BCUT2D eigenvalue weighted by molar-refractivity contribution is 0.00996. The summed E-state index contributed by atoms with van der Waals surface area (Å²) in [7, 11) is 0. The Labute approximate surface area is 111 Å². The van der Waals surface area contributed by atoms with Crippen LogP contribution in [0.15, 0.2) is 0 Å². The van der Waals surface area contributed by atoms with E-state index in [1.54, 1.807) is 4.90 Å². The number of likely N-dealkylation sites (tertiary alicyclic amines) is 1. The van der Waals surface area contributed by atoms with Gasteiger partial charge in [-0.25, -0.2) is 4.79 Å². The number of carbonyl (C=O) groups excluding carboxylic acids is 1. The molecule has 0 aromatic heterocycles. The fourth-order valence-corrected chi connectivity index (χ4v) is 1.89. The van der Waals surface area contributed by atoms with Crippen LogP contribution in [-0.2, 0) is 4.74 Å². The van der Waals surface area contributed by atoms with E-state index in [0.717, 1.165) is 12.8 Å². The van der Waals surface area contributed by atoms with E-state index in [0.29, 0.717) is 19.0 Å². The van der Waals surface area contributed by atoms with Crippen LogP contribution in [0, 0.1) is 5.92 Å². The third-order valence-electron chi connectivity index (χ3n) is 2.87. The molecule has 4 heteroatoms. The number of rotatable bonds is 1. The van der Waals surface area contributed by atoms with Gasteiger partial charge in [0.2, 0.25) is 0 Å². The number of hydrogen-bond donors (Lipinski definition) is 1. The fourth-order valence-electron chi connectivity index (χ4n) is 1.89. The first-order valence-electron chi connectivity index (χ1n) is 6.95. The van der Waals surface area contributed by atoms with Gasteiger partial charge in [-0.1, -0.05) is 13.8 Å². The van der Waals surface area contributed by atoms with Crippen LogP contribution >= 0.6 is 0 Å². The minimum Gasteiger partial charge on any atom is -0.444 e. The summed E-state index contributed by atoms with van der Waals surface area (Å²) in [6.07, 6.45) is 1.20. The molecule has 0 aliphatic carbocycles. The molecule has 1 amide bonds. The number of piperidine rings is 1. The Morgan fingerprint density at radius 1 is 1.28 bits per heavy atom. The Balaban J connectivity index is 0.00000137. The molecule has 0 bridgehead atoms. The van der Waals surface area contributed by atoms with Crippen molar-refractivity contribution in [3.63, 3.8) is 0 Å². The molecule has 0 aromatic rings. The zero-order valence-electron chi connectivity index (χ0n) is 12.7. The van der Waals surface area contributed by atoms with Crippen molar-refractivity contribution in [1.29, 1.82) is 0 Å². The van der Waals surface area contributed by atoms with Crippen LogP contribution in [0.25, 0.3) is 0 Å². The first-order chi connectivity index (χ1) is 8.29. The number of amides is 1. The standard InChI is InChI=1S/C12H23NO3.C2H6/c1-9(14)10-5-7-13(8-6-10)11(15)16-12(2,3)4;1-2/h9-10,14H,5-8H2,1-4H3;1-2H3. The molecule has 0 aromatic carbocycles. The van der Waals surface area contributed by atoms with Crippen LogP contribution in [-0.4, -0.2) is 40.9 Å². The highest BCUT2D eigenvalue weighted by Gasteiger charge is 2.28. The smallest absolute Gasteiger partial charge is 0.410 e. The van der Waals surface area contributed by atoms with Gasteiger partial charge in [0.15, 0.2) is 0 Å². The molecule has 1 unspecified atom stereocenters. The van der Waals surface area contributed by atoms with Crippen LogP contribution < -0.4 is 0 Å². The number of carbonyl (C=O) groups is 1. The van der Waals surface area contributed by atoms with Gasteiger partial charge in [-0.05, 0) is 46.5 Å². The zero-order chi connectivity index (χ0) is 14.3. The molecule has 1 saturated heterocycles. The second-order valence-electron chi connectivity index (χ2n) is 5.55. The van der Waals surface area contributed by atoms with Gasteiger partial charge in [0.1, 0.15) is 5.60 Å². The van der Waals surface area contributed by atoms with Crippen LogP contribution in [0.5, 0.6) is 0 Å². The van der Waals surface area contributed by atoms with Crippen molar-refractivity contribution in [2.45, 2.75) is 66.1 Å². The SMILES string of the molecule is CC.CC(O)C1CCN(C(=O)OC(C)(C)C)CC1. The lowest BCUT2D eigenvalue weighted by Crippen LogP contribution is -2.43. The van der Waals surface area contributed by atoms with Gasteiger partial charge in [-0.2, -0.15) is 0 Å². The molecule has 4 nitrogen and oxygen atoms in total. The molecule has 1 fully saturated rings. The van der Waals surface area contributed by atoms with Crippen molar-refractivity contribution in [1.82, 2.24) is 4.90 Å². The highest BCUT2D eigenvalue weighted by molar-refractivity contribution is 5.68. The Bertz CT molecular complexity index is 238. The van der Waals surface area contributed by atoms with Gasteiger partial charge in [-0.15, -0.1) is 0 Å². The highest BCUT2D eigenvalue weighted by Crippen LogP contribution is 2.22. The molecule has 1 aliphatic rings. The molecule has 108 valence electrons. The lowest BCUT2D eigenvalue weighted by atomic mass is 9.92. The molecule has 1 N–H and O–H groups in total. The number of hydrogen-bond acceptors (Lipinski definition) is 3. The van der Waals surface area contributed by atoms with Crippen LogP contribution in [0.3, 0.4) is 0 Å². The van der Waals surface area contributed by atoms with E-state index in [4.69, 9.17) is 4.74 Å². The number of aliphatic hydroxyl groups is 1. The Hall–Kier alpha value is -0.770. The van der Waals surface area contributed by atoms with Gasteiger partial charge in [0, 0.05) is 13.1 Å². The summed E-state index contributed by atoms with van der Waals surface area (Å²) in [6.45, 7) is 12.8. The predicted molar refractivity (Wildman–Crippen MR) is 73.6 cm³/mol. The quantitative estimate of drug-likeness (QED) is 0.787. The predicted octanol–water partition coefficient (Wildman–Crippen LogP) is 3.04. The number of nitrogens with zero attached hydrogens (tertiary/aromatic N) is 1. The van der Waals surface area contributed by atoms with Crippen LogP contribution in [0.4, 0.5) is 4.79 Å². The van der Waals surface area contributed by atoms with Crippen molar-refractivity contribution >= 4 is 6.09 Å². The minimum atomic E-state index is -0.432. The van der Waals surface area contributed by atoms with E-state index in [1.165, 1.54) is 0 Å². The van der Waals surface area contributed by atoms with Gasteiger partial charge in [-0.3, -0.25) is 0 Å². The Morgan fingerprint density at radius 2 is 1.72 bits per heavy atom. The van der Waals surface area contributed by atoms with Crippen LogP contribution in [0.1, 0.15) is 54.4 Å². The van der Waals surface area contributed by atoms with E-state index in [9.17, 15) is 9.90 Å². The molecule has 1 heterocycles. The molecular weight excluding hydrogens is 230 g/mol. The average molecular weight is 259 g/mol. The third kappa shape index (κ3) is 6.24. The molecule has 1 rings (SSSR count). The molecule has 0 spiro atoms. The van der Waals surface area contributed by atoms with Crippen molar-refractivity contribution in [3.8, 4) is 0 Å².